The smallest absolute Gasteiger partial charge is 0.266 e. The summed E-state index contributed by atoms with van der Waals surface area (Å²) in [5.74, 6) is 0.237. The van der Waals surface area contributed by atoms with E-state index in [0.717, 1.165) is 16.4 Å². The van der Waals surface area contributed by atoms with E-state index in [9.17, 15) is 10.1 Å². The van der Waals surface area contributed by atoms with Crippen LogP contribution in [-0.2, 0) is 4.79 Å². The Morgan fingerprint density at radius 3 is 2.68 bits per heavy atom. The number of nitrogens with zero attached hydrogens (tertiary/aromatic N) is 1. The van der Waals surface area contributed by atoms with Crippen LogP contribution in [0.5, 0.6) is 5.75 Å². The molecule has 0 bridgehead atoms. The summed E-state index contributed by atoms with van der Waals surface area (Å²) >= 11 is 2.14. The Morgan fingerprint density at radius 1 is 1.24 bits per heavy atom. The van der Waals surface area contributed by atoms with E-state index in [1.54, 1.807) is 12.1 Å². The molecular weight excluding hydrogens is 427 g/mol. The van der Waals surface area contributed by atoms with E-state index < -0.39 is 5.91 Å². The topological polar surface area (TPSA) is 62.1 Å². The highest BCUT2D eigenvalue weighted by Crippen LogP contribution is 2.22. The van der Waals surface area contributed by atoms with Gasteiger partial charge in [0.05, 0.1) is 12.3 Å². The van der Waals surface area contributed by atoms with E-state index in [0.29, 0.717) is 23.6 Å². The van der Waals surface area contributed by atoms with E-state index in [-0.39, 0.29) is 5.57 Å². The van der Waals surface area contributed by atoms with E-state index in [1.165, 1.54) is 0 Å². The van der Waals surface area contributed by atoms with Gasteiger partial charge in [-0.15, -0.1) is 0 Å². The minimum Gasteiger partial charge on any atom is -0.493 e. The first kappa shape index (κ1) is 19.0. The van der Waals surface area contributed by atoms with Gasteiger partial charge in [-0.2, -0.15) is 5.26 Å². The molecule has 0 fully saturated rings. The van der Waals surface area contributed by atoms with Crippen molar-refractivity contribution in [3.63, 3.8) is 0 Å². The summed E-state index contributed by atoms with van der Waals surface area (Å²) in [4.78, 5) is 12.4. The van der Waals surface area contributed by atoms with Gasteiger partial charge in [0.1, 0.15) is 17.4 Å². The minimum atomic E-state index is -0.435. The number of amides is 1. The van der Waals surface area contributed by atoms with Crippen molar-refractivity contribution < 1.29 is 9.53 Å². The highest BCUT2D eigenvalue weighted by molar-refractivity contribution is 14.1. The van der Waals surface area contributed by atoms with Crippen molar-refractivity contribution in [1.82, 2.24) is 0 Å². The van der Waals surface area contributed by atoms with Crippen LogP contribution >= 0.6 is 22.6 Å². The summed E-state index contributed by atoms with van der Waals surface area (Å²) in [6.07, 6.45) is 3.56. The molecule has 0 aromatic heterocycles. The second-order valence-electron chi connectivity index (χ2n) is 5.34. The molecule has 0 aliphatic rings. The molecule has 0 spiro atoms. The van der Waals surface area contributed by atoms with Gasteiger partial charge in [0.25, 0.3) is 5.91 Å². The van der Waals surface area contributed by atoms with E-state index in [4.69, 9.17) is 4.74 Å². The number of unbranched alkanes of at least 4 members (excludes halogenated alkanes) is 1. The molecule has 0 heterocycles. The molecule has 1 amide bonds. The molecule has 0 unspecified atom stereocenters. The molecule has 25 heavy (non-hydrogen) atoms. The number of ether oxygens (including phenoxy) is 1. The van der Waals surface area contributed by atoms with Gasteiger partial charge >= 0.3 is 0 Å². The molecule has 0 aliphatic heterocycles. The van der Waals surface area contributed by atoms with Crippen molar-refractivity contribution in [3.8, 4) is 11.8 Å². The fourth-order valence-electron chi connectivity index (χ4n) is 2.11. The molecule has 0 radical (unpaired) electrons. The van der Waals surface area contributed by atoms with Gasteiger partial charge in [0.2, 0.25) is 0 Å². The highest BCUT2D eigenvalue weighted by atomic mass is 127. The summed E-state index contributed by atoms with van der Waals surface area (Å²) in [5, 5.41) is 12.2. The van der Waals surface area contributed by atoms with E-state index in [1.807, 2.05) is 48.5 Å². The maximum atomic E-state index is 12.4. The van der Waals surface area contributed by atoms with Crippen molar-refractivity contribution >= 4 is 40.3 Å². The van der Waals surface area contributed by atoms with Crippen molar-refractivity contribution in [2.75, 3.05) is 11.9 Å². The largest absolute Gasteiger partial charge is 0.493 e. The van der Waals surface area contributed by atoms with Crippen LogP contribution in [0, 0.1) is 14.9 Å². The molecule has 0 saturated heterocycles. The third-order valence-electron chi connectivity index (χ3n) is 3.46. The molecule has 4 nitrogen and oxygen atoms in total. The lowest BCUT2D eigenvalue weighted by molar-refractivity contribution is -0.112. The first-order valence-corrected chi connectivity index (χ1v) is 9.13. The summed E-state index contributed by atoms with van der Waals surface area (Å²) in [6.45, 7) is 2.70. The summed E-state index contributed by atoms with van der Waals surface area (Å²) < 4.78 is 6.66. The number of nitriles is 1. The summed E-state index contributed by atoms with van der Waals surface area (Å²) in [5.41, 5.74) is 1.43. The number of benzene rings is 2. The van der Waals surface area contributed by atoms with Crippen LogP contribution < -0.4 is 10.1 Å². The molecule has 0 saturated carbocycles. The fraction of sp³-hybridized carbons (Fsp3) is 0.200. The van der Waals surface area contributed by atoms with Crippen molar-refractivity contribution in [1.29, 1.82) is 5.26 Å². The lowest BCUT2D eigenvalue weighted by atomic mass is 10.1. The van der Waals surface area contributed by atoms with Gasteiger partial charge in [-0.3, -0.25) is 4.79 Å². The quantitative estimate of drug-likeness (QED) is 0.281. The van der Waals surface area contributed by atoms with Crippen molar-refractivity contribution in [3.05, 3.63) is 63.2 Å². The Bertz CT molecular complexity index is 809. The number of carbonyl (C=O) groups excluding carboxylic acids is 1. The Kier molecular flexibility index (Phi) is 7.48. The Balaban J connectivity index is 2.21. The number of rotatable bonds is 7. The van der Waals surface area contributed by atoms with Crippen LogP contribution in [0.4, 0.5) is 5.69 Å². The lowest BCUT2D eigenvalue weighted by Gasteiger charge is -2.09. The molecule has 128 valence electrons. The monoisotopic (exact) mass is 446 g/mol. The van der Waals surface area contributed by atoms with E-state index in [2.05, 4.69) is 34.8 Å². The normalized spacial score (nSPS) is 10.8. The molecule has 0 aliphatic carbocycles. The number of nitrogens with one attached hydrogen (secondary N) is 1. The first-order valence-electron chi connectivity index (χ1n) is 8.05. The Hall–Kier alpha value is -2.33. The highest BCUT2D eigenvalue weighted by Gasteiger charge is 2.12. The van der Waals surface area contributed by atoms with Crippen LogP contribution in [-0.4, -0.2) is 12.5 Å². The number of carbonyl (C=O) groups is 1. The average Bonchev–Trinajstić information content (AvgIpc) is 2.63. The zero-order valence-electron chi connectivity index (χ0n) is 14.0. The zero-order chi connectivity index (χ0) is 18.1. The van der Waals surface area contributed by atoms with Crippen molar-refractivity contribution in [2.45, 2.75) is 19.8 Å². The van der Waals surface area contributed by atoms with Crippen LogP contribution in [0.1, 0.15) is 25.3 Å². The SMILES string of the molecule is CCCCOc1ccccc1/C=C(\C#N)C(=O)Nc1ccccc1I. The molecule has 2 rings (SSSR count). The van der Waals surface area contributed by atoms with Crippen LogP contribution in [0.2, 0.25) is 0 Å². The Morgan fingerprint density at radius 2 is 1.96 bits per heavy atom. The van der Waals surface area contributed by atoms with Crippen LogP contribution in [0.25, 0.3) is 6.08 Å². The number of hydrogen-bond acceptors (Lipinski definition) is 3. The second-order valence-corrected chi connectivity index (χ2v) is 6.51. The predicted molar refractivity (Wildman–Crippen MR) is 108 cm³/mol. The van der Waals surface area contributed by atoms with Gasteiger partial charge in [-0.25, -0.2) is 0 Å². The maximum Gasteiger partial charge on any atom is 0.266 e. The zero-order valence-corrected chi connectivity index (χ0v) is 16.1. The first-order chi connectivity index (χ1) is 12.2. The van der Waals surface area contributed by atoms with Crippen LogP contribution in [0.15, 0.2) is 54.1 Å². The van der Waals surface area contributed by atoms with Crippen molar-refractivity contribution in [2.24, 2.45) is 0 Å². The van der Waals surface area contributed by atoms with Gasteiger partial charge < -0.3 is 10.1 Å². The van der Waals surface area contributed by atoms with Gasteiger partial charge in [0.15, 0.2) is 0 Å². The van der Waals surface area contributed by atoms with E-state index >= 15 is 0 Å². The molecular formula is C20H19IN2O2. The summed E-state index contributed by atoms with van der Waals surface area (Å²) in [6, 6.07) is 16.8. The van der Waals surface area contributed by atoms with Gasteiger partial charge in [0, 0.05) is 9.13 Å². The molecule has 2 aromatic rings. The predicted octanol–water partition coefficient (Wildman–Crippen LogP) is 5.02. The summed E-state index contributed by atoms with van der Waals surface area (Å²) in [7, 11) is 0. The Labute approximate surface area is 161 Å². The lowest BCUT2D eigenvalue weighted by Crippen LogP contribution is -2.14. The molecule has 0 atom stereocenters. The standard InChI is InChI=1S/C20H19IN2O2/c1-2-3-12-25-19-11-7-4-8-15(19)13-16(14-22)20(24)23-18-10-6-5-9-17(18)21/h4-11,13H,2-3,12H2,1H3,(H,23,24)/b16-13+. The maximum absolute atomic E-state index is 12.4. The average molecular weight is 446 g/mol. The van der Waals surface area contributed by atoms with Gasteiger partial charge in [-0.05, 0) is 53.3 Å². The third kappa shape index (κ3) is 5.61. The second kappa shape index (κ2) is 9.84. The van der Waals surface area contributed by atoms with Gasteiger partial charge in [-0.1, -0.05) is 43.7 Å². The fourth-order valence-corrected chi connectivity index (χ4v) is 2.64. The molecule has 2 aromatic carbocycles. The minimum absolute atomic E-state index is 0.0335. The van der Waals surface area contributed by atoms with Crippen LogP contribution in [0.3, 0.4) is 0 Å². The molecule has 5 heteroatoms. The number of anilines is 1. The number of hydrogen-bond donors (Lipinski definition) is 1. The number of halogens is 1. The number of para-hydroxylation sites is 2. The third-order valence-corrected chi connectivity index (χ3v) is 4.40. The molecule has 1 N–H and O–H groups in total.